The molecule has 2 aromatic carbocycles. The van der Waals surface area contributed by atoms with E-state index in [1.807, 2.05) is 18.2 Å². The van der Waals surface area contributed by atoms with E-state index >= 15 is 0 Å². The molecule has 1 aliphatic rings. The third-order valence-electron chi connectivity index (χ3n) is 5.62. The van der Waals surface area contributed by atoms with Gasteiger partial charge in [-0.15, -0.1) is 0 Å². The van der Waals surface area contributed by atoms with Gasteiger partial charge in [0.1, 0.15) is 0 Å². The standard InChI is InChI=1S/C22H28N4O3/c1-2-18(19-6-4-3-5-7-19)16-23-22(27)17-24-12-14-25(15-13-24)20-8-10-21(11-9-20)26(28)29/h3-11,18H,2,12-17H2,1H3,(H,23,27)/p+1/t18-/m0/s1. The van der Waals surface area contributed by atoms with E-state index in [1.54, 1.807) is 24.3 Å². The number of rotatable bonds is 8. The zero-order valence-electron chi connectivity index (χ0n) is 16.8. The predicted molar refractivity (Wildman–Crippen MR) is 113 cm³/mol. The lowest BCUT2D eigenvalue weighted by Crippen LogP contribution is -3.16. The van der Waals surface area contributed by atoms with Crippen LogP contribution < -0.4 is 15.1 Å². The molecule has 1 fully saturated rings. The Morgan fingerprint density at radius 3 is 2.38 bits per heavy atom. The highest BCUT2D eigenvalue weighted by molar-refractivity contribution is 5.76. The Morgan fingerprint density at radius 2 is 1.79 bits per heavy atom. The van der Waals surface area contributed by atoms with Crippen molar-refractivity contribution in [1.82, 2.24) is 5.32 Å². The molecular weight excluding hydrogens is 368 g/mol. The summed E-state index contributed by atoms with van der Waals surface area (Å²) in [4.78, 5) is 26.3. The zero-order chi connectivity index (χ0) is 20.6. The zero-order valence-corrected chi connectivity index (χ0v) is 16.8. The van der Waals surface area contributed by atoms with Crippen LogP contribution in [0.2, 0.25) is 0 Å². The Balaban J connectivity index is 1.43. The fourth-order valence-electron chi connectivity index (χ4n) is 3.79. The van der Waals surface area contributed by atoms with Crippen molar-refractivity contribution in [3.8, 4) is 0 Å². The minimum atomic E-state index is -0.384. The number of carbonyl (C=O) groups excluding carboxylic acids is 1. The average Bonchev–Trinajstić information content (AvgIpc) is 2.75. The Bertz CT molecular complexity index is 803. The molecule has 1 amide bonds. The molecule has 0 spiro atoms. The van der Waals surface area contributed by atoms with Crippen LogP contribution in [0.15, 0.2) is 54.6 Å². The number of hydrogen-bond donors (Lipinski definition) is 2. The molecule has 7 heteroatoms. The van der Waals surface area contributed by atoms with E-state index < -0.39 is 0 Å². The van der Waals surface area contributed by atoms with Gasteiger partial charge in [-0.05, 0) is 24.1 Å². The van der Waals surface area contributed by atoms with Gasteiger partial charge >= 0.3 is 0 Å². The topological polar surface area (TPSA) is 79.9 Å². The summed E-state index contributed by atoms with van der Waals surface area (Å²) in [6.45, 7) is 6.72. The van der Waals surface area contributed by atoms with Crippen LogP contribution in [0.25, 0.3) is 0 Å². The molecule has 0 aromatic heterocycles. The Labute approximate surface area is 171 Å². The van der Waals surface area contributed by atoms with Gasteiger partial charge in [-0.25, -0.2) is 0 Å². The first kappa shape index (κ1) is 20.8. The molecular formula is C22H29N4O3+. The molecule has 1 heterocycles. The number of anilines is 1. The summed E-state index contributed by atoms with van der Waals surface area (Å²) >= 11 is 0. The second kappa shape index (κ2) is 10.0. The molecule has 1 atom stereocenters. The minimum absolute atomic E-state index is 0.0955. The highest BCUT2D eigenvalue weighted by Crippen LogP contribution is 2.19. The van der Waals surface area contributed by atoms with E-state index in [4.69, 9.17) is 0 Å². The number of amides is 1. The van der Waals surface area contributed by atoms with Gasteiger partial charge in [0, 0.05) is 30.3 Å². The van der Waals surface area contributed by atoms with Gasteiger partial charge in [-0.3, -0.25) is 14.9 Å². The van der Waals surface area contributed by atoms with Gasteiger partial charge in [0.05, 0.1) is 31.1 Å². The van der Waals surface area contributed by atoms with Crippen LogP contribution >= 0.6 is 0 Å². The first-order chi connectivity index (χ1) is 14.1. The van der Waals surface area contributed by atoms with E-state index in [9.17, 15) is 14.9 Å². The number of quaternary nitrogens is 1. The Kier molecular flexibility index (Phi) is 7.19. The van der Waals surface area contributed by atoms with Crippen LogP contribution in [0.1, 0.15) is 24.8 Å². The summed E-state index contributed by atoms with van der Waals surface area (Å²) in [5, 5.41) is 13.9. The number of non-ortho nitro benzene ring substituents is 1. The average molecular weight is 397 g/mol. The second-order valence-electron chi connectivity index (χ2n) is 7.51. The van der Waals surface area contributed by atoms with E-state index in [0.29, 0.717) is 19.0 Å². The van der Waals surface area contributed by atoms with Crippen LogP contribution in [-0.4, -0.2) is 50.1 Å². The van der Waals surface area contributed by atoms with Crippen molar-refractivity contribution in [2.75, 3.05) is 44.2 Å². The molecule has 1 aliphatic heterocycles. The molecule has 3 rings (SSSR count). The molecule has 0 saturated carbocycles. The first-order valence-corrected chi connectivity index (χ1v) is 10.2. The van der Waals surface area contributed by atoms with E-state index in [-0.39, 0.29) is 16.5 Å². The lowest BCUT2D eigenvalue weighted by Gasteiger charge is -2.33. The third-order valence-corrected chi connectivity index (χ3v) is 5.62. The highest BCUT2D eigenvalue weighted by Gasteiger charge is 2.23. The van der Waals surface area contributed by atoms with Gasteiger partial charge in [-0.1, -0.05) is 37.3 Å². The molecule has 7 nitrogen and oxygen atoms in total. The van der Waals surface area contributed by atoms with Crippen LogP contribution in [0, 0.1) is 10.1 Å². The van der Waals surface area contributed by atoms with Crippen molar-refractivity contribution in [1.29, 1.82) is 0 Å². The molecule has 0 unspecified atom stereocenters. The summed E-state index contributed by atoms with van der Waals surface area (Å²) in [6.07, 6.45) is 0.991. The first-order valence-electron chi connectivity index (χ1n) is 10.2. The van der Waals surface area contributed by atoms with Crippen LogP contribution in [0.5, 0.6) is 0 Å². The Hall–Kier alpha value is -2.93. The highest BCUT2D eigenvalue weighted by atomic mass is 16.6. The number of hydrogen-bond acceptors (Lipinski definition) is 4. The molecule has 29 heavy (non-hydrogen) atoms. The van der Waals surface area contributed by atoms with Crippen LogP contribution in [-0.2, 0) is 4.79 Å². The monoisotopic (exact) mass is 397 g/mol. The predicted octanol–water partition coefficient (Wildman–Crippen LogP) is 1.61. The van der Waals surface area contributed by atoms with Crippen molar-refractivity contribution in [2.24, 2.45) is 0 Å². The molecule has 1 saturated heterocycles. The van der Waals surface area contributed by atoms with Crippen molar-refractivity contribution < 1.29 is 14.6 Å². The fourth-order valence-corrected chi connectivity index (χ4v) is 3.79. The number of piperazine rings is 1. The summed E-state index contributed by atoms with van der Waals surface area (Å²) in [6, 6.07) is 17.0. The van der Waals surface area contributed by atoms with Crippen LogP contribution in [0.3, 0.4) is 0 Å². The fraction of sp³-hybridized carbons (Fsp3) is 0.409. The van der Waals surface area contributed by atoms with E-state index in [2.05, 4.69) is 29.3 Å². The molecule has 2 aromatic rings. The summed E-state index contributed by atoms with van der Waals surface area (Å²) in [7, 11) is 0. The maximum absolute atomic E-state index is 12.4. The van der Waals surface area contributed by atoms with Crippen LogP contribution in [0.4, 0.5) is 11.4 Å². The van der Waals surface area contributed by atoms with Crippen molar-refractivity contribution >= 4 is 17.3 Å². The summed E-state index contributed by atoms with van der Waals surface area (Å²) < 4.78 is 0. The van der Waals surface area contributed by atoms with Crippen molar-refractivity contribution in [3.05, 3.63) is 70.3 Å². The van der Waals surface area contributed by atoms with Gasteiger partial charge < -0.3 is 15.1 Å². The summed E-state index contributed by atoms with van der Waals surface area (Å²) in [5.41, 5.74) is 2.36. The van der Waals surface area contributed by atoms with Gasteiger partial charge in [0.2, 0.25) is 0 Å². The lowest BCUT2D eigenvalue weighted by molar-refractivity contribution is -0.892. The van der Waals surface area contributed by atoms with E-state index in [0.717, 1.165) is 38.3 Å². The number of carbonyl (C=O) groups is 1. The Morgan fingerprint density at radius 1 is 1.14 bits per heavy atom. The van der Waals surface area contributed by atoms with E-state index in [1.165, 1.54) is 10.5 Å². The van der Waals surface area contributed by atoms with Crippen molar-refractivity contribution in [3.63, 3.8) is 0 Å². The van der Waals surface area contributed by atoms with Crippen molar-refractivity contribution in [2.45, 2.75) is 19.3 Å². The number of nitro benzene ring substituents is 1. The smallest absolute Gasteiger partial charge is 0.275 e. The largest absolute Gasteiger partial charge is 0.360 e. The SMILES string of the molecule is CC[C@@H](CNC(=O)C[NH+]1CCN(c2ccc([N+](=O)[O-])cc2)CC1)c1ccccc1. The molecule has 154 valence electrons. The van der Waals surface area contributed by atoms with Gasteiger partial charge in [0.25, 0.3) is 11.6 Å². The maximum Gasteiger partial charge on any atom is 0.275 e. The lowest BCUT2D eigenvalue weighted by atomic mass is 9.96. The molecule has 0 bridgehead atoms. The third kappa shape index (κ3) is 5.77. The van der Waals surface area contributed by atoms with Gasteiger partial charge in [0.15, 0.2) is 6.54 Å². The maximum atomic E-state index is 12.4. The number of nitro groups is 1. The minimum Gasteiger partial charge on any atom is -0.360 e. The second-order valence-corrected chi connectivity index (χ2v) is 7.51. The molecule has 2 N–H and O–H groups in total. The number of benzene rings is 2. The van der Waals surface area contributed by atoms with Gasteiger partial charge in [-0.2, -0.15) is 0 Å². The number of nitrogens with zero attached hydrogens (tertiary/aromatic N) is 2. The summed E-state index contributed by atoms with van der Waals surface area (Å²) in [5.74, 6) is 0.437. The number of nitrogens with one attached hydrogen (secondary N) is 2. The normalized spacial score (nSPS) is 15.7. The quantitative estimate of drug-likeness (QED) is 0.524. The molecule has 0 aliphatic carbocycles. The molecule has 0 radical (unpaired) electrons.